The van der Waals surface area contributed by atoms with E-state index >= 15 is 0 Å². The molecule has 170 valence electrons. The van der Waals surface area contributed by atoms with Crippen LogP contribution in [0.15, 0.2) is 0 Å². The molecule has 1 atom stereocenters. The standard InChI is InChI=1S/C17H32N4O7.Gd/c1-14(22)10-18-2-4-19(11-15(23)24)6-8-21(13-17(27)28)9-7-20(5-3-18)12-16(25)26;/h14,22H,2-13H2,1H3,(H,23,24)(H,25,26)(H,27,28);/p-3. The van der Waals surface area contributed by atoms with Crippen molar-refractivity contribution in [2.75, 3.05) is 78.5 Å². The van der Waals surface area contributed by atoms with Gasteiger partial charge in [0.1, 0.15) is 0 Å². The van der Waals surface area contributed by atoms with Gasteiger partial charge in [-0.15, -0.1) is 0 Å². The van der Waals surface area contributed by atoms with Crippen molar-refractivity contribution in [3.05, 3.63) is 0 Å². The summed E-state index contributed by atoms with van der Waals surface area (Å²) in [5.74, 6) is -3.70. The van der Waals surface area contributed by atoms with Crippen LogP contribution in [-0.4, -0.2) is 127 Å². The zero-order chi connectivity index (χ0) is 21.1. The van der Waals surface area contributed by atoms with E-state index in [9.17, 15) is 34.8 Å². The van der Waals surface area contributed by atoms with Crippen molar-refractivity contribution in [3.8, 4) is 0 Å². The van der Waals surface area contributed by atoms with Crippen LogP contribution in [0.25, 0.3) is 0 Å². The summed E-state index contributed by atoms with van der Waals surface area (Å²) in [4.78, 5) is 39.9. The van der Waals surface area contributed by atoms with Gasteiger partial charge in [0.25, 0.3) is 0 Å². The summed E-state index contributed by atoms with van der Waals surface area (Å²) in [7, 11) is 0. The maximum atomic E-state index is 11.0. The van der Waals surface area contributed by atoms with Gasteiger partial charge in [-0.05, 0) is 6.92 Å². The van der Waals surface area contributed by atoms with E-state index in [1.54, 1.807) is 21.6 Å². The van der Waals surface area contributed by atoms with E-state index in [4.69, 9.17) is 0 Å². The van der Waals surface area contributed by atoms with E-state index in [1.807, 2.05) is 4.90 Å². The maximum absolute atomic E-state index is 11.0. The Morgan fingerprint density at radius 1 is 0.690 bits per heavy atom. The third-order valence-electron chi connectivity index (χ3n) is 4.51. The van der Waals surface area contributed by atoms with Gasteiger partial charge in [0.05, 0.1) is 24.0 Å². The minimum atomic E-state index is -1.26. The summed E-state index contributed by atoms with van der Waals surface area (Å²) < 4.78 is 0. The van der Waals surface area contributed by atoms with Crippen molar-refractivity contribution in [1.29, 1.82) is 0 Å². The number of rotatable bonds is 8. The Morgan fingerprint density at radius 3 is 1.14 bits per heavy atom. The minimum absolute atomic E-state index is 0. The Morgan fingerprint density at radius 2 is 0.931 bits per heavy atom. The van der Waals surface area contributed by atoms with Gasteiger partial charge in [0.2, 0.25) is 0 Å². The normalized spacial score (nSPS) is 20.1. The van der Waals surface area contributed by atoms with Crippen molar-refractivity contribution in [2.24, 2.45) is 0 Å². The van der Waals surface area contributed by atoms with Crippen LogP contribution in [0.4, 0.5) is 0 Å². The van der Waals surface area contributed by atoms with Crippen molar-refractivity contribution < 1.29 is 74.8 Å². The van der Waals surface area contributed by atoms with E-state index in [0.717, 1.165) is 0 Å². The Hall–Kier alpha value is -0.465. The van der Waals surface area contributed by atoms with Crippen LogP contribution in [0.3, 0.4) is 0 Å². The molecule has 0 saturated carbocycles. The molecular weight excluding hydrogens is 529 g/mol. The number of carbonyl (C=O) groups is 3. The summed E-state index contributed by atoms with van der Waals surface area (Å²) in [5, 5.41) is 42.7. The first-order valence-corrected chi connectivity index (χ1v) is 9.32. The zero-order valence-electron chi connectivity index (χ0n) is 16.6. The van der Waals surface area contributed by atoms with E-state index in [1.165, 1.54) is 0 Å². The van der Waals surface area contributed by atoms with Gasteiger partial charge in [-0.25, -0.2) is 0 Å². The Bertz CT molecular complexity index is 492. The van der Waals surface area contributed by atoms with Gasteiger partial charge < -0.3 is 34.8 Å². The molecule has 11 nitrogen and oxygen atoms in total. The second-order valence-electron chi connectivity index (χ2n) is 7.09. The number of aliphatic hydroxyl groups is 1. The SMILES string of the molecule is CC(O)CN1CCN(CC(=O)[O-])CCN(CC(=O)[O-])CCN(CC(=O)[O-])CC1.[Gd]. The summed E-state index contributed by atoms with van der Waals surface area (Å²) in [6, 6.07) is 0. The number of nitrogens with zero attached hydrogens (tertiary/aromatic N) is 4. The van der Waals surface area contributed by atoms with Crippen LogP contribution in [0.5, 0.6) is 0 Å². The summed E-state index contributed by atoms with van der Waals surface area (Å²) in [5.41, 5.74) is 0. The van der Waals surface area contributed by atoms with Crippen LogP contribution in [0.2, 0.25) is 0 Å². The number of aliphatic hydroxyl groups excluding tert-OH is 1. The van der Waals surface area contributed by atoms with Crippen molar-refractivity contribution >= 4 is 17.9 Å². The molecule has 1 fully saturated rings. The van der Waals surface area contributed by atoms with Crippen molar-refractivity contribution in [1.82, 2.24) is 19.6 Å². The molecular formula is C17H29GdN4O7-3. The number of hydrogen-bond donors (Lipinski definition) is 1. The molecule has 1 N–H and O–H groups in total. The third-order valence-corrected chi connectivity index (χ3v) is 4.51. The molecule has 0 aromatic heterocycles. The molecule has 0 aromatic rings. The van der Waals surface area contributed by atoms with Gasteiger partial charge >= 0.3 is 0 Å². The van der Waals surface area contributed by atoms with E-state index in [0.29, 0.717) is 45.8 Å². The first kappa shape index (κ1) is 28.5. The summed E-state index contributed by atoms with van der Waals surface area (Å²) in [6.45, 7) is 4.04. The fourth-order valence-electron chi connectivity index (χ4n) is 3.16. The summed E-state index contributed by atoms with van der Waals surface area (Å²) in [6.07, 6.45) is -0.587. The molecule has 12 heteroatoms. The largest absolute Gasteiger partial charge is 0.549 e. The Kier molecular flexibility index (Phi) is 15.1. The van der Waals surface area contributed by atoms with Gasteiger partial charge in [-0.3, -0.25) is 19.6 Å². The third kappa shape index (κ3) is 14.2. The van der Waals surface area contributed by atoms with Crippen LogP contribution in [0.1, 0.15) is 6.92 Å². The quantitative estimate of drug-likeness (QED) is 0.303. The monoisotopic (exact) mass is 559 g/mol. The minimum Gasteiger partial charge on any atom is -0.549 e. The van der Waals surface area contributed by atoms with Gasteiger partial charge in [-0.2, -0.15) is 0 Å². The fraction of sp³-hybridized carbons (Fsp3) is 0.824. The predicted octanol–water partition coefficient (Wildman–Crippen LogP) is -6.16. The molecule has 1 aliphatic rings. The number of carbonyl (C=O) groups excluding carboxylic acids is 3. The number of β-amino-alcohol motifs (C(OH)–C–C–N with tert-alkyl or cyclic N) is 1. The topological polar surface area (TPSA) is 154 Å². The van der Waals surface area contributed by atoms with Gasteiger partial charge in [-0.1, -0.05) is 0 Å². The molecule has 29 heavy (non-hydrogen) atoms. The average molecular weight is 559 g/mol. The number of carboxylic acid groups (broad SMARTS) is 3. The Labute approximate surface area is 202 Å². The van der Waals surface area contributed by atoms with Crippen LogP contribution in [-0.2, 0) is 14.4 Å². The predicted molar refractivity (Wildman–Crippen MR) is 92.5 cm³/mol. The molecule has 1 unspecified atom stereocenters. The first-order valence-electron chi connectivity index (χ1n) is 9.32. The number of hydrogen-bond acceptors (Lipinski definition) is 11. The van der Waals surface area contributed by atoms with E-state index in [-0.39, 0.29) is 72.7 Å². The molecule has 1 aliphatic heterocycles. The number of carboxylic acids is 3. The summed E-state index contributed by atoms with van der Waals surface area (Å²) >= 11 is 0. The van der Waals surface area contributed by atoms with Crippen molar-refractivity contribution in [3.63, 3.8) is 0 Å². The van der Waals surface area contributed by atoms with E-state index in [2.05, 4.69) is 0 Å². The molecule has 0 aliphatic carbocycles. The first-order chi connectivity index (χ1) is 13.2. The fourth-order valence-corrected chi connectivity index (χ4v) is 3.16. The zero-order valence-corrected chi connectivity index (χ0v) is 18.9. The molecule has 0 bridgehead atoms. The molecule has 0 radical (unpaired) electrons. The molecule has 1 saturated heterocycles. The molecule has 1 heterocycles. The number of aliphatic carboxylic acids is 3. The molecule has 0 aromatic carbocycles. The van der Waals surface area contributed by atoms with Gasteiger partial charge in [0, 0.05) is 118 Å². The van der Waals surface area contributed by atoms with Crippen LogP contribution in [0, 0.1) is 39.9 Å². The average Bonchev–Trinajstić information content (AvgIpc) is 2.55. The van der Waals surface area contributed by atoms with Crippen molar-refractivity contribution in [2.45, 2.75) is 13.0 Å². The molecule has 0 amide bonds. The smallest absolute Gasteiger partial charge is 0.0639 e. The Balaban J connectivity index is 0.00000784. The molecule has 1 rings (SSSR count). The van der Waals surface area contributed by atoms with Gasteiger partial charge in [0.15, 0.2) is 0 Å². The second-order valence-corrected chi connectivity index (χ2v) is 7.09. The molecule has 0 spiro atoms. The maximum Gasteiger partial charge on any atom is 0.0639 e. The van der Waals surface area contributed by atoms with Crippen LogP contribution < -0.4 is 15.3 Å². The van der Waals surface area contributed by atoms with Crippen LogP contribution >= 0.6 is 0 Å². The second kappa shape index (κ2) is 15.4. The van der Waals surface area contributed by atoms with E-state index < -0.39 is 24.0 Å².